The third-order valence-corrected chi connectivity index (χ3v) is 2.39. The molecule has 0 fully saturated rings. The van der Waals surface area contributed by atoms with Crippen molar-refractivity contribution in [2.45, 2.75) is 20.8 Å². The number of anilines is 1. The molecule has 0 bridgehead atoms. The van der Waals surface area contributed by atoms with E-state index in [0.717, 1.165) is 5.56 Å². The predicted octanol–water partition coefficient (Wildman–Crippen LogP) is 1.96. The molecule has 88 valence electrons. The topological polar surface area (TPSA) is 66.4 Å². The Bertz CT molecular complexity index is 536. The molecular weight excluding hydrogens is 218 g/mol. The fraction of sp³-hybridized carbons (Fsp3) is 0.231. The number of hydrogen-bond donors (Lipinski definition) is 2. The van der Waals surface area contributed by atoms with Crippen LogP contribution in [0, 0.1) is 25.7 Å². The number of amides is 1. The Morgan fingerprint density at radius 3 is 2.47 bits per heavy atom. The average molecular weight is 231 g/mol. The standard InChI is InChI=1S/C13H13NO3/c1-4-5-12(15)14-10-6-8(2)9(3)11(7-10)13(16)17/h6-7H,1-3H3,(H,14,15)(H,16,17). The van der Waals surface area contributed by atoms with E-state index >= 15 is 0 Å². The molecule has 1 aromatic carbocycles. The van der Waals surface area contributed by atoms with Crippen LogP contribution in [0.1, 0.15) is 28.4 Å². The van der Waals surface area contributed by atoms with Gasteiger partial charge in [0.05, 0.1) is 5.56 Å². The van der Waals surface area contributed by atoms with E-state index in [4.69, 9.17) is 5.11 Å². The van der Waals surface area contributed by atoms with Crippen molar-refractivity contribution in [3.63, 3.8) is 0 Å². The van der Waals surface area contributed by atoms with E-state index in [1.807, 2.05) is 0 Å². The molecule has 0 saturated carbocycles. The first-order valence-electron chi connectivity index (χ1n) is 5.04. The lowest BCUT2D eigenvalue weighted by molar-refractivity contribution is -0.111. The Hall–Kier alpha value is -2.28. The summed E-state index contributed by atoms with van der Waals surface area (Å²) in [6.45, 7) is 5.09. The highest BCUT2D eigenvalue weighted by Crippen LogP contribution is 2.19. The average Bonchev–Trinajstić information content (AvgIpc) is 2.23. The lowest BCUT2D eigenvalue weighted by Gasteiger charge is -2.09. The first-order chi connectivity index (χ1) is 7.95. The highest BCUT2D eigenvalue weighted by molar-refractivity contribution is 6.04. The van der Waals surface area contributed by atoms with Crippen LogP contribution >= 0.6 is 0 Å². The van der Waals surface area contributed by atoms with Gasteiger partial charge in [0.15, 0.2) is 0 Å². The van der Waals surface area contributed by atoms with Gasteiger partial charge in [-0.3, -0.25) is 4.79 Å². The van der Waals surface area contributed by atoms with Crippen molar-refractivity contribution >= 4 is 17.6 Å². The van der Waals surface area contributed by atoms with Gasteiger partial charge in [-0.1, -0.05) is 5.92 Å². The van der Waals surface area contributed by atoms with Crippen LogP contribution in [0.5, 0.6) is 0 Å². The number of rotatable bonds is 2. The van der Waals surface area contributed by atoms with Crippen molar-refractivity contribution in [2.75, 3.05) is 5.32 Å². The minimum absolute atomic E-state index is 0.185. The van der Waals surface area contributed by atoms with Crippen molar-refractivity contribution in [3.8, 4) is 11.8 Å². The van der Waals surface area contributed by atoms with Gasteiger partial charge in [-0.2, -0.15) is 0 Å². The molecule has 1 amide bonds. The second-order valence-electron chi connectivity index (χ2n) is 3.60. The number of hydrogen-bond acceptors (Lipinski definition) is 2. The van der Waals surface area contributed by atoms with Crippen LogP contribution in [0.4, 0.5) is 5.69 Å². The first-order valence-corrected chi connectivity index (χ1v) is 5.04. The van der Waals surface area contributed by atoms with Gasteiger partial charge in [0, 0.05) is 5.69 Å². The van der Waals surface area contributed by atoms with E-state index in [1.165, 1.54) is 6.07 Å². The minimum atomic E-state index is -1.01. The van der Waals surface area contributed by atoms with Crippen LogP contribution in [-0.4, -0.2) is 17.0 Å². The molecule has 0 unspecified atom stereocenters. The summed E-state index contributed by atoms with van der Waals surface area (Å²) in [5, 5.41) is 11.5. The van der Waals surface area contributed by atoms with Crippen LogP contribution < -0.4 is 5.32 Å². The second kappa shape index (κ2) is 5.17. The largest absolute Gasteiger partial charge is 0.478 e. The number of carbonyl (C=O) groups is 2. The van der Waals surface area contributed by atoms with Crippen LogP contribution in [-0.2, 0) is 4.79 Å². The van der Waals surface area contributed by atoms with E-state index in [0.29, 0.717) is 11.3 Å². The molecule has 0 atom stereocenters. The van der Waals surface area contributed by atoms with E-state index in [-0.39, 0.29) is 5.56 Å². The molecule has 0 aliphatic carbocycles. The molecule has 0 spiro atoms. The number of aromatic carboxylic acids is 1. The Kier molecular flexibility index (Phi) is 3.89. The third kappa shape index (κ3) is 3.08. The molecule has 4 heteroatoms. The summed E-state index contributed by atoms with van der Waals surface area (Å²) >= 11 is 0. The fourth-order valence-electron chi connectivity index (χ4n) is 1.43. The number of nitrogens with one attached hydrogen (secondary N) is 1. The predicted molar refractivity (Wildman–Crippen MR) is 65.0 cm³/mol. The van der Waals surface area contributed by atoms with Gasteiger partial charge >= 0.3 is 5.97 Å². The lowest BCUT2D eigenvalue weighted by atomic mass is 10.0. The maximum absolute atomic E-state index is 11.3. The summed E-state index contributed by atoms with van der Waals surface area (Å²) in [7, 11) is 0. The zero-order chi connectivity index (χ0) is 13.0. The number of aryl methyl sites for hydroxylation is 1. The fourth-order valence-corrected chi connectivity index (χ4v) is 1.43. The lowest BCUT2D eigenvalue weighted by Crippen LogP contribution is -2.10. The van der Waals surface area contributed by atoms with E-state index in [9.17, 15) is 9.59 Å². The summed E-state index contributed by atoms with van der Waals surface area (Å²) < 4.78 is 0. The van der Waals surface area contributed by atoms with Gasteiger partial charge in [0.1, 0.15) is 0 Å². The van der Waals surface area contributed by atoms with Gasteiger partial charge < -0.3 is 10.4 Å². The maximum Gasteiger partial charge on any atom is 0.336 e. The van der Waals surface area contributed by atoms with Crippen molar-refractivity contribution in [1.82, 2.24) is 0 Å². The van der Waals surface area contributed by atoms with Crippen LogP contribution in [0.2, 0.25) is 0 Å². The summed E-state index contributed by atoms with van der Waals surface area (Å²) in [5.74, 6) is 3.34. The van der Waals surface area contributed by atoms with Gasteiger partial charge in [0.25, 0.3) is 5.91 Å². The highest BCUT2D eigenvalue weighted by Gasteiger charge is 2.11. The van der Waals surface area contributed by atoms with Crippen molar-refractivity contribution < 1.29 is 14.7 Å². The van der Waals surface area contributed by atoms with E-state index < -0.39 is 11.9 Å². The quantitative estimate of drug-likeness (QED) is 0.764. The van der Waals surface area contributed by atoms with Gasteiger partial charge in [0.2, 0.25) is 0 Å². The van der Waals surface area contributed by atoms with Gasteiger partial charge in [-0.05, 0) is 50.0 Å². The maximum atomic E-state index is 11.3. The van der Waals surface area contributed by atoms with Crippen molar-refractivity contribution in [3.05, 3.63) is 28.8 Å². The van der Waals surface area contributed by atoms with Crippen molar-refractivity contribution in [2.24, 2.45) is 0 Å². The van der Waals surface area contributed by atoms with Crippen LogP contribution in [0.25, 0.3) is 0 Å². The molecule has 17 heavy (non-hydrogen) atoms. The molecule has 2 N–H and O–H groups in total. The van der Waals surface area contributed by atoms with Gasteiger partial charge in [-0.15, -0.1) is 0 Å². The highest BCUT2D eigenvalue weighted by atomic mass is 16.4. The zero-order valence-electron chi connectivity index (χ0n) is 9.92. The summed E-state index contributed by atoms with van der Waals surface area (Å²) in [6, 6.07) is 3.15. The number of carbonyl (C=O) groups excluding carboxylic acids is 1. The number of carboxylic acids is 1. The Balaban J connectivity index is 3.14. The molecule has 4 nitrogen and oxygen atoms in total. The van der Waals surface area contributed by atoms with Crippen LogP contribution in [0.15, 0.2) is 12.1 Å². The third-order valence-electron chi connectivity index (χ3n) is 2.39. The summed E-state index contributed by atoms with van der Waals surface area (Å²) in [5.41, 5.74) is 2.13. The Labute approximate surface area is 99.7 Å². The zero-order valence-corrected chi connectivity index (χ0v) is 9.92. The van der Waals surface area contributed by atoms with E-state index in [2.05, 4.69) is 17.2 Å². The number of carboxylic acid groups (broad SMARTS) is 1. The molecule has 0 aromatic heterocycles. The van der Waals surface area contributed by atoms with Crippen molar-refractivity contribution in [1.29, 1.82) is 0 Å². The number of benzene rings is 1. The Morgan fingerprint density at radius 1 is 1.29 bits per heavy atom. The SMILES string of the molecule is CC#CC(=O)Nc1cc(C)c(C)c(C(=O)O)c1. The van der Waals surface area contributed by atoms with Crippen LogP contribution in [0.3, 0.4) is 0 Å². The summed E-state index contributed by atoms with van der Waals surface area (Å²) in [4.78, 5) is 22.3. The Morgan fingerprint density at radius 2 is 1.94 bits per heavy atom. The molecule has 1 rings (SSSR count). The molecule has 1 aromatic rings. The molecular formula is C13H13NO3. The molecule has 0 aliphatic heterocycles. The molecule has 0 saturated heterocycles. The van der Waals surface area contributed by atoms with E-state index in [1.54, 1.807) is 26.8 Å². The minimum Gasteiger partial charge on any atom is -0.478 e. The van der Waals surface area contributed by atoms with Gasteiger partial charge in [-0.25, -0.2) is 4.79 Å². The molecule has 0 aliphatic rings. The molecule has 0 heterocycles. The monoisotopic (exact) mass is 231 g/mol. The molecule has 0 radical (unpaired) electrons. The normalized spacial score (nSPS) is 9.12. The second-order valence-corrected chi connectivity index (χ2v) is 3.60. The summed E-state index contributed by atoms with van der Waals surface area (Å²) in [6.07, 6.45) is 0. The first kappa shape index (κ1) is 12.8. The smallest absolute Gasteiger partial charge is 0.336 e.